The summed E-state index contributed by atoms with van der Waals surface area (Å²) in [5.41, 5.74) is 0.102. The van der Waals surface area contributed by atoms with E-state index in [9.17, 15) is 24.5 Å². The molecule has 0 atom stereocenters. The van der Waals surface area contributed by atoms with Crippen LogP contribution in [-0.2, 0) is 9.53 Å². The number of H-pyrrole nitrogens is 1. The summed E-state index contributed by atoms with van der Waals surface area (Å²) < 4.78 is 10.2. The summed E-state index contributed by atoms with van der Waals surface area (Å²) in [6, 6.07) is 9.94. The molecule has 0 saturated carbocycles. The van der Waals surface area contributed by atoms with Gasteiger partial charge in [0.15, 0.2) is 6.61 Å². The molecule has 0 radical (unpaired) electrons. The number of pyridine rings is 1. The van der Waals surface area contributed by atoms with Crippen LogP contribution in [0.5, 0.6) is 5.75 Å². The number of nitrogens with zero attached hydrogens (tertiary/aromatic N) is 1. The lowest BCUT2D eigenvalue weighted by molar-refractivity contribution is -0.384. The van der Waals surface area contributed by atoms with Crippen LogP contribution in [0.1, 0.15) is 17.3 Å². The molecule has 1 aromatic heterocycles. The summed E-state index contributed by atoms with van der Waals surface area (Å²) >= 11 is 0. The van der Waals surface area contributed by atoms with Crippen molar-refractivity contribution in [2.45, 2.75) is 6.92 Å². The lowest BCUT2D eigenvalue weighted by atomic mass is 10.1. The maximum atomic E-state index is 12.6. The van der Waals surface area contributed by atoms with Crippen molar-refractivity contribution in [1.29, 1.82) is 0 Å². The average molecular weight is 411 g/mol. The first kappa shape index (κ1) is 20.5. The molecule has 0 aliphatic carbocycles. The van der Waals surface area contributed by atoms with Crippen molar-refractivity contribution >= 4 is 34.2 Å². The Morgan fingerprint density at radius 3 is 2.57 bits per heavy atom. The molecule has 0 fully saturated rings. The van der Waals surface area contributed by atoms with Gasteiger partial charge in [0.25, 0.3) is 11.6 Å². The van der Waals surface area contributed by atoms with Gasteiger partial charge in [0, 0.05) is 34.9 Å². The Morgan fingerprint density at radius 1 is 1.17 bits per heavy atom. The van der Waals surface area contributed by atoms with Crippen molar-refractivity contribution in [2.24, 2.45) is 0 Å². The van der Waals surface area contributed by atoms with E-state index in [-0.39, 0.29) is 29.9 Å². The van der Waals surface area contributed by atoms with Crippen LogP contribution in [0.3, 0.4) is 0 Å². The lowest BCUT2D eigenvalue weighted by Gasteiger charge is -2.09. The van der Waals surface area contributed by atoms with Crippen LogP contribution in [0.2, 0.25) is 0 Å². The summed E-state index contributed by atoms with van der Waals surface area (Å²) in [5.74, 6) is -0.929. The van der Waals surface area contributed by atoms with Gasteiger partial charge in [-0.2, -0.15) is 0 Å². The second-order valence-electron chi connectivity index (χ2n) is 6.10. The minimum atomic E-state index is -0.730. The van der Waals surface area contributed by atoms with Crippen LogP contribution in [0.25, 0.3) is 10.9 Å². The molecule has 0 aliphatic heterocycles. The van der Waals surface area contributed by atoms with E-state index in [1.54, 1.807) is 19.1 Å². The van der Waals surface area contributed by atoms with E-state index in [4.69, 9.17) is 9.47 Å². The SMILES string of the molecule is CCOC(=O)c1c[nH]c2ccc(NC(=O)COc3ccc([N+](=O)[O-])cc3)cc2c1=O. The van der Waals surface area contributed by atoms with Gasteiger partial charge in [-0.25, -0.2) is 4.79 Å². The zero-order valence-electron chi connectivity index (χ0n) is 15.8. The molecule has 1 heterocycles. The van der Waals surface area contributed by atoms with Gasteiger partial charge in [-0.1, -0.05) is 0 Å². The minimum Gasteiger partial charge on any atom is -0.484 e. The van der Waals surface area contributed by atoms with Crippen LogP contribution >= 0.6 is 0 Å². The maximum absolute atomic E-state index is 12.6. The number of nitrogens with one attached hydrogen (secondary N) is 2. The molecular weight excluding hydrogens is 394 g/mol. The quantitative estimate of drug-likeness (QED) is 0.346. The molecule has 0 bridgehead atoms. The smallest absolute Gasteiger partial charge is 0.343 e. The summed E-state index contributed by atoms with van der Waals surface area (Å²) in [7, 11) is 0. The van der Waals surface area contributed by atoms with E-state index in [1.807, 2.05) is 0 Å². The highest BCUT2D eigenvalue weighted by Gasteiger charge is 2.15. The van der Waals surface area contributed by atoms with Crippen LogP contribution in [0.4, 0.5) is 11.4 Å². The molecule has 3 aromatic rings. The number of nitro groups is 1. The number of aromatic amines is 1. The molecule has 10 heteroatoms. The number of ether oxygens (including phenoxy) is 2. The fourth-order valence-corrected chi connectivity index (χ4v) is 2.67. The predicted octanol–water partition coefficient (Wildman–Crippen LogP) is 2.63. The van der Waals surface area contributed by atoms with Crippen molar-refractivity contribution in [2.75, 3.05) is 18.5 Å². The largest absolute Gasteiger partial charge is 0.484 e. The van der Waals surface area contributed by atoms with E-state index in [2.05, 4.69) is 10.3 Å². The number of amides is 1. The highest BCUT2D eigenvalue weighted by Crippen LogP contribution is 2.18. The highest BCUT2D eigenvalue weighted by atomic mass is 16.6. The zero-order valence-corrected chi connectivity index (χ0v) is 15.8. The topological polar surface area (TPSA) is 141 Å². The van der Waals surface area contributed by atoms with Crippen molar-refractivity contribution in [3.8, 4) is 5.75 Å². The third-order valence-electron chi connectivity index (χ3n) is 4.08. The Labute approximate surface area is 169 Å². The second kappa shape index (κ2) is 8.86. The molecule has 0 saturated heterocycles. The van der Waals surface area contributed by atoms with E-state index in [0.717, 1.165) is 0 Å². The molecule has 2 N–H and O–H groups in total. The molecule has 3 rings (SSSR count). The second-order valence-corrected chi connectivity index (χ2v) is 6.10. The highest BCUT2D eigenvalue weighted by molar-refractivity contribution is 5.97. The van der Waals surface area contributed by atoms with Gasteiger partial charge in [0.2, 0.25) is 5.43 Å². The molecule has 1 amide bonds. The molecular formula is C20H17N3O7. The monoisotopic (exact) mass is 411 g/mol. The van der Waals surface area contributed by atoms with Gasteiger partial charge < -0.3 is 19.8 Å². The van der Waals surface area contributed by atoms with Crippen molar-refractivity contribution in [3.63, 3.8) is 0 Å². The number of nitro benzene ring substituents is 1. The number of fused-ring (bicyclic) bond motifs is 1. The number of esters is 1. The van der Waals surface area contributed by atoms with Crippen molar-refractivity contribution in [3.05, 3.63) is 74.6 Å². The standard InChI is InChI=1S/C20H17N3O7/c1-2-29-20(26)16-10-21-17-8-3-12(9-15(17)19(16)25)22-18(24)11-30-14-6-4-13(5-7-14)23(27)28/h3-10H,2,11H2,1H3,(H,21,25)(H,22,24). The van der Waals surface area contributed by atoms with Crippen LogP contribution in [-0.4, -0.2) is 35.0 Å². The molecule has 0 spiro atoms. The molecule has 0 aliphatic rings. The Kier molecular flexibility index (Phi) is 6.06. The Bertz CT molecular complexity index is 1170. The van der Waals surface area contributed by atoms with Gasteiger partial charge in [0.1, 0.15) is 11.3 Å². The lowest BCUT2D eigenvalue weighted by Crippen LogP contribution is -2.21. The van der Waals surface area contributed by atoms with Crippen LogP contribution in [0, 0.1) is 10.1 Å². The van der Waals surface area contributed by atoms with Gasteiger partial charge in [-0.05, 0) is 37.3 Å². The van der Waals surface area contributed by atoms with Crippen molar-refractivity contribution < 1.29 is 24.0 Å². The number of benzene rings is 2. The average Bonchev–Trinajstić information content (AvgIpc) is 2.73. The summed E-state index contributed by atoms with van der Waals surface area (Å²) in [5, 5.41) is 13.5. The first-order valence-electron chi connectivity index (χ1n) is 8.88. The Balaban J connectivity index is 1.71. The first-order valence-corrected chi connectivity index (χ1v) is 8.88. The molecule has 0 unspecified atom stereocenters. The van der Waals surface area contributed by atoms with Crippen LogP contribution < -0.4 is 15.5 Å². The van der Waals surface area contributed by atoms with Crippen molar-refractivity contribution in [1.82, 2.24) is 4.98 Å². The third kappa shape index (κ3) is 4.61. The number of anilines is 1. The fourth-order valence-electron chi connectivity index (χ4n) is 2.67. The third-order valence-corrected chi connectivity index (χ3v) is 4.08. The van der Waals surface area contributed by atoms with Gasteiger partial charge in [-0.3, -0.25) is 19.7 Å². The number of carbonyl (C=O) groups excluding carboxylic acids is 2. The summed E-state index contributed by atoms with van der Waals surface area (Å²) in [6.45, 7) is 1.44. The van der Waals surface area contributed by atoms with E-state index >= 15 is 0 Å². The maximum Gasteiger partial charge on any atom is 0.343 e. The summed E-state index contributed by atoms with van der Waals surface area (Å²) in [4.78, 5) is 49.5. The number of hydrogen-bond acceptors (Lipinski definition) is 7. The van der Waals surface area contributed by atoms with Gasteiger partial charge in [-0.15, -0.1) is 0 Å². The van der Waals surface area contributed by atoms with Crippen LogP contribution in [0.15, 0.2) is 53.5 Å². The number of hydrogen-bond donors (Lipinski definition) is 2. The molecule has 2 aromatic carbocycles. The molecule has 30 heavy (non-hydrogen) atoms. The fraction of sp³-hybridized carbons (Fsp3) is 0.150. The van der Waals surface area contributed by atoms with Gasteiger partial charge >= 0.3 is 5.97 Å². The van der Waals surface area contributed by atoms with E-state index < -0.39 is 22.2 Å². The number of aromatic nitrogens is 1. The summed E-state index contributed by atoms with van der Waals surface area (Å²) in [6.07, 6.45) is 1.29. The molecule has 154 valence electrons. The Morgan fingerprint density at radius 2 is 1.90 bits per heavy atom. The zero-order chi connectivity index (χ0) is 21.7. The predicted molar refractivity (Wildman–Crippen MR) is 108 cm³/mol. The first-order chi connectivity index (χ1) is 14.4. The van der Waals surface area contributed by atoms with Gasteiger partial charge in [0.05, 0.1) is 11.5 Å². The normalized spacial score (nSPS) is 10.4. The minimum absolute atomic E-state index is 0.0876. The molecule has 10 nitrogen and oxygen atoms in total. The number of carbonyl (C=O) groups is 2. The Hall–Kier alpha value is -4.21. The number of rotatable bonds is 7. The van der Waals surface area contributed by atoms with E-state index in [1.165, 1.54) is 36.5 Å². The van der Waals surface area contributed by atoms with E-state index in [0.29, 0.717) is 17.0 Å². The number of non-ortho nitro benzene ring substituents is 1.